The van der Waals surface area contributed by atoms with Crippen LogP contribution in [-0.4, -0.2) is 21.7 Å². The molecule has 1 aromatic carbocycles. The third-order valence-corrected chi connectivity index (χ3v) is 2.16. The Kier molecular flexibility index (Phi) is 3.23. The number of aliphatic hydroxyl groups is 1. The maximum atomic E-state index is 10.6. The molecular formula is C9H12N2O4. The van der Waals surface area contributed by atoms with Gasteiger partial charge >= 0.3 is 5.69 Å². The number of benzene rings is 1. The number of phenolic OH excluding ortho intramolecular Hbond substituents is 1. The lowest BCUT2D eigenvalue weighted by Gasteiger charge is -2.11. The molecule has 0 aliphatic carbocycles. The van der Waals surface area contributed by atoms with E-state index >= 15 is 0 Å². The highest BCUT2D eigenvalue weighted by Crippen LogP contribution is 2.35. The number of hydrogen-bond acceptors (Lipinski definition) is 5. The van der Waals surface area contributed by atoms with Crippen molar-refractivity contribution in [2.24, 2.45) is 5.73 Å². The molecule has 1 rings (SSSR count). The summed E-state index contributed by atoms with van der Waals surface area (Å²) >= 11 is 0. The van der Waals surface area contributed by atoms with E-state index in [0.717, 1.165) is 0 Å². The minimum Gasteiger partial charge on any atom is -0.502 e. The van der Waals surface area contributed by atoms with E-state index in [4.69, 9.17) is 10.8 Å². The average molecular weight is 212 g/mol. The maximum Gasteiger partial charge on any atom is 0.313 e. The van der Waals surface area contributed by atoms with Crippen LogP contribution in [0.1, 0.15) is 17.2 Å². The zero-order valence-corrected chi connectivity index (χ0v) is 8.17. The lowest BCUT2D eigenvalue weighted by molar-refractivity contribution is -0.386. The molecule has 0 heterocycles. The van der Waals surface area contributed by atoms with Crippen molar-refractivity contribution in [3.63, 3.8) is 0 Å². The maximum absolute atomic E-state index is 10.6. The first-order valence-electron chi connectivity index (χ1n) is 4.32. The van der Waals surface area contributed by atoms with Crippen LogP contribution in [0.5, 0.6) is 5.75 Å². The van der Waals surface area contributed by atoms with Crippen LogP contribution >= 0.6 is 0 Å². The number of aryl methyl sites for hydroxylation is 1. The van der Waals surface area contributed by atoms with Crippen LogP contribution in [0.2, 0.25) is 0 Å². The molecule has 0 bridgehead atoms. The lowest BCUT2D eigenvalue weighted by atomic mass is 10.0. The number of rotatable bonds is 3. The van der Waals surface area contributed by atoms with Gasteiger partial charge in [-0.3, -0.25) is 10.1 Å². The molecule has 1 atom stereocenters. The van der Waals surface area contributed by atoms with Crippen LogP contribution in [0.25, 0.3) is 0 Å². The molecule has 0 saturated carbocycles. The van der Waals surface area contributed by atoms with E-state index in [-0.39, 0.29) is 17.9 Å². The van der Waals surface area contributed by atoms with Crippen molar-refractivity contribution in [3.8, 4) is 5.75 Å². The fraction of sp³-hybridized carbons (Fsp3) is 0.333. The lowest BCUT2D eigenvalue weighted by Crippen LogP contribution is -2.15. The second-order valence-corrected chi connectivity index (χ2v) is 3.22. The van der Waals surface area contributed by atoms with Gasteiger partial charge in [0.05, 0.1) is 17.6 Å². The van der Waals surface area contributed by atoms with Gasteiger partial charge in [0.1, 0.15) is 0 Å². The molecule has 0 radical (unpaired) electrons. The van der Waals surface area contributed by atoms with Crippen LogP contribution < -0.4 is 5.73 Å². The topological polar surface area (TPSA) is 110 Å². The summed E-state index contributed by atoms with van der Waals surface area (Å²) in [5.41, 5.74) is 5.65. The monoisotopic (exact) mass is 212 g/mol. The molecule has 0 aromatic heterocycles. The second kappa shape index (κ2) is 4.24. The summed E-state index contributed by atoms with van der Waals surface area (Å²) in [5, 5.41) is 29.1. The van der Waals surface area contributed by atoms with Crippen molar-refractivity contribution in [1.82, 2.24) is 0 Å². The van der Waals surface area contributed by atoms with Crippen molar-refractivity contribution >= 4 is 5.69 Å². The van der Waals surface area contributed by atoms with Crippen molar-refractivity contribution in [3.05, 3.63) is 33.4 Å². The van der Waals surface area contributed by atoms with Gasteiger partial charge in [-0.25, -0.2) is 0 Å². The van der Waals surface area contributed by atoms with Gasteiger partial charge in [-0.05, 0) is 6.92 Å². The molecule has 0 fully saturated rings. The Morgan fingerprint density at radius 3 is 2.67 bits per heavy atom. The van der Waals surface area contributed by atoms with Gasteiger partial charge in [-0.15, -0.1) is 0 Å². The number of nitrogens with two attached hydrogens (primary N) is 1. The largest absolute Gasteiger partial charge is 0.502 e. The summed E-state index contributed by atoms with van der Waals surface area (Å²) in [4.78, 5) is 9.98. The summed E-state index contributed by atoms with van der Waals surface area (Å²) in [7, 11) is 0. The summed E-state index contributed by atoms with van der Waals surface area (Å²) < 4.78 is 0. The highest BCUT2D eigenvalue weighted by Gasteiger charge is 2.22. The van der Waals surface area contributed by atoms with Gasteiger partial charge in [0.15, 0.2) is 5.75 Å². The van der Waals surface area contributed by atoms with E-state index in [9.17, 15) is 15.2 Å². The van der Waals surface area contributed by atoms with Gasteiger partial charge in [0.25, 0.3) is 0 Å². The number of nitrogens with zero attached hydrogens (tertiary/aromatic N) is 1. The van der Waals surface area contributed by atoms with Crippen LogP contribution in [0, 0.1) is 17.0 Å². The SMILES string of the molecule is Cc1ccc([C@@H](N)CO)c(O)c1[N+](=O)[O-]. The first kappa shape index (κ1) is 11.4. The second-order valence-electron chi connectivity index (χ2n) is 3.22. The number of nitro benzene ring substituents is 1. The highest BCUT2D eigenvalue weighted by atomic mass is 16.6. The quantitative estimate of drug-likeness (QED) is 0.502. The molecule has 82 valence electrons. The smallest absolute Gasteiger partial charge is 0.313 e. The number of phenols is 1. The zero-order valence-electron chi connectivity index (χ0n) is 8.17. The van der Waals surface area contributed by atoms with E-state index in [0.29, 0.717) is 5.56 Å². The Hall–Kier alpha value is -1.66. The number of hydrogen-bond donors (Lipinski definition) is 3. The molecule has 6 heteroatoms. The number of aliphatic hydroxyl groups excluding tert-OH is 1. The van der Waals surface area contributed by atoms with Crippen LogP contribution in [0.15, 0.2) is 12.1 Å². The summed E-state index contributed by atoms with van der Waals surface area (Å²) in [6.45, 7) is 1.14. The highest BCUT2D eigenvalue weighted by molar-refractivity contribution is 5.56. The van der Waals surface area contributed by atoms with Gasteiger partial charge in [0.2, 0.25) is 0 Å². The standard InChI is InChI=1S/C9H12N2O4/c1-5-2-3-6(7(10)4-12)9(13)8(5)11(14)15/h2-3,7,12-13H,4,10H2,1H3/t7-/m0/s1. The first-order chi connectivity index (χ1) is 6.99. The van der Waals surface area contributed by atoms with Gasteiger partial charge in [-0.1, -0.05) is 12.1 Å². The average Bonchev–Trinajstić information content (AvgIpc) is 2.16. The molecule has 1 aromatic rings. The molecule has 4 N–H and O–H groups in total. The van der Waals surface area contributed by atoms with Gasteiger partial charge in [0, 0.05) is 11.1 Å². The molecule has 0 unspecified atom stereocenters. The fourth-order valence-electron chi connectivity index (χ4n) is 1.32. The van der Waals surface area contributed by atoms with Crippen molar-refractivity contribution < 1.29 is 15.1 Å². The molecule has 15 heavy (non-hydrogen) atoms. The van der Waals surface area contributed by atoms with Crippen molar-refractivity contribution in [1.29, 1.82) is 0 Å². The Balaban J connectivity index is 3.34. The molecule has 6 nitrogen and oxygen atoms in total. The van der Waals surface area contributed by atoms with Crippen molar-refractivity contribution in [2.75, 3.05) is 6.61 Å². The minimum absolute atomic E-state index is 0.176. The van der Waals surface area contributed by atoms with Crippen LogP contribution in [-0.2, 0) is 0 Å². The summed E-state index contributed by atoms with van der Waals surface area (Å²) in [6.07, 6.45) is 0. The van der Waals surface area contributed by atoms with E-state index in [1.807, 2.05) is 0 Å². The fourth-order valence-corrected chi connectivity index (χ4v) is 1.32. The third-order valence-electron chi connectivity index (χ3n) is 2.16. The van der Waals surface area contributed by atoms with E-state index in [1.54, 1.807) is 0 Å². The van der Waals surface area contributed by atoms with E-state index in [2.05, 4.69) is 0 Å². The Labute approximate surface area is 86.1 Å². The predicted molar refractivity (Wildman–Crippen MR) is 53.5 cm³/mol. The minimum atomic E-state index is -0.815. The Bertz CT molecular complexity index is 392. The Morgan fingerprint density at radius 2 is 2.20 bits per heavy atom. The van der Waals surface area contributed by atoms with E-state index < -0.39 is 16.7 Å². The van der Waals surface area contributed by atoms with Crippen molar-refractivity contribution in [2.45, 2.75) is 13.0 Å². The molecular weight excluding hydrogens is 200 g/mol. The zero-order chi connectivity index (χ0) is 11.6. The van der Waals surface area contributed by atoms with Gasteiger partial charge < -0.3 is 15.9 Å². The molecule has 0 amide bonds. The number of nitro groups is 1. The normalized spacial score (nSPS) is 12.5. The molecule has 0 aliphatic rings. The van der Waals surface area contributed by atoms with Gasteiger partial charge in [-0.2, -0.15) is 0 Å². The molecule has 0 aliphatic heterocycles. The number of aromatic hydroxyl groups is 1. The Morgan fingerprint density at radius 1 is 1.60 bits per heavy atom. The summed E-state index contributed by atoms with van der Waals surface area (Å²) in [5.74, 6) is -0.471. The van der Waals surface area contributed by atoms with Crippen LogP contribution in [0.3, 0.4) is 0 Å². The summed E-state index contributed by atoms with van der Waals surface area (Å²) in [6, 6.07) is 2.14. The third kappa shape index (κ3) is 2.05. The predicted octanol–water partition coefficient (Wildman–Crippen LogP) is 0.601. The molecule has 0 saturated heterocycles. The molecule has 0 spiro atoms. The van der Waals surface area contributed by atoms with E-state index in [1.165, 1.54) is 19.1 Å². The van der Waals surface area contributed by atoms with Crippen LogP contribution in [0.4, 0.5) is 5.69 Å². The first-order valence-corrected chi connectivity index (χ1v) is 4.32.